The second-order valence-electron chi connectivity index (χ2n) is 8.43. The maximum atomic E-state index is 10.9. The summed E-state index contributed by atoms with van der Waals surface area (Å²) in [5.74, 6) is -2.56. The van der Waals surface area contributed by atoms with Crippen LogP contribution in [-0.4, -0.2) is 77.1 Å². The standard InChI is InChI=1S/C25H25N3O7/c29-13-20-22(30)23(31)25(33,24(32)34-20)35-19-5-1-4-18-21(19)28(14-27-18)12-15-6-8-16(9-7-15)17-3-2-10-26-11-17/h1-11,14,20,22-24,29-33H,12-13H2/t20-,22-,23+,24+,25+/m1/s1. The first kappa shape index (κ1) is 23.4. The van der Waals surface area contributed by atoms with Crippen LogP contribution in [0.2, 0.25) is 0 Å². The van der Waals surface area contributed by atoms with Gasteiger partial charge in [0.15, 0.2) is 6.10 Å². The van der Waals surface area contributed by atoms with Gasteiger partial charge in [-0.3, -0.25) is 4.98 Å². The number of aromatic nitrogens is 3. The third-order valence-corrected chi connectivity index (χ3v) is 6.14. The fourth-order valence-corrected chi connectivity index (χ4v) is 4.20. The molecule has 0 saturated carbocycles. The highest BCUT2D eigenvalue weighted by molar-refractivity contribution is 5.82. The third kappa shape index (κ3) is 4.27. The molecule has 0 unspecified atom stereocenters. The van der Waals surface area contributed by atoms with Crippen LogP contribution in [0.4, 0.5) is 0 Å². The fraction of sp³-hybridized carbons (Fsp3) is 0.280. The van der Waals surface area contributed by atoms with E-state index in [9.17, 15) is 25.5 Å². The predicted molar refractivity (Wildman–Crippen MR) is 124 cm³/mol. The molecule has 0 aliphatic carbocycles. The summed E-state index contributed by atoms with van der Waals surface area (Å²) in [5, 5.41) is 51.2. The van der Waals surface area contributed by atoms with E-state index in [1.165, 1.54) is 0 Å². The van der Waals surface area contributed by atoms with E-state index < -0.39 is 37.0 Å². The molecular weight excluding hydrogens is 454 g/mol. The zero-order valence-corrected chi connectivity index (χ0v) is 18.5. The van der Waals surface area contributed by atoms with Gasteiger partial charge < -0.3 is 39.6 Å². The number of ether oxygens (including phenoxy) is 2. The van der Waals surface area contributed by atoms with Gasteiger partial charge in [0, 0.05) is 18.9 Å². The molecule has 3 heterocycles. The second kappa shape index (κ2) is 9.34. The topological polar surface area (TPSA) is 150 Å². The molecule has 1 aliphatic rings. The quantitative estimate of drug-likeness (QED) is 0.251. The third-order valence-electron chi connectivity index (χ3n) is 6.14. The molecule has 5 atom stereocenters. The number of rotatable bonds is 6. The minimum atomic E-state index is -2.68. The Kier molecular flexibility index (Phi) is 6.24. The Bertz CT molecular complexity index is 1300. The lowest BCUT2D eigenvalue weighted by molar-refractivity contribution is -0.385. The van der Waals surface area contributed by atoms with Crippen LogP contribution in [0, 0.1) is 0 Å². The molecule has 0 amide bonds. The molecule has 0 bridgehead atoms. The average molecular weight is 479 g/mol. The van der Waals surface area contributed by atoms with Crippen LogP contribution in [0.25, 0.3) is 22.2 Å². The van der Waals surface area contributed by atoms with E-state index >= 15 is 0 Å². The number of fused-ring (bicyclic) bond motifs is 1. The van der Waals surface area contributed by atoms with Crippen molar-refractivity contribution in [2.75, 3.05) is 6.61 Å². The molecule has 5 rings (SSSR count). The Morgan fingerprint density at radius 3 is 2.51 bits per heavy atom. The van der Waals surface area contributed by atoms with E-state index in [0.29, 0.717) is 17.6 Å². The van der Waals surface area contributed by atoms with Crippen molar-refractivity contribution in [3.63, 3.8) is 0 Å². The van der Waals surface area contributed by atoms with Gasteiger partial charge in [-0.15, -0.1) is 0 Å². The first-order valence-corrected chi connectivity index (χ1v) is 11.1. The normalized spacial score (nSPS) is 26.7. The first-order chi connectivity index (χ1) is 16.9. The second-order valence-corrected chi connectivity index (χ2v) is 8.43. The van der Waals surface area contributed by atoms with Crippen LogP contribution < -0.4 is 4.74 Å². The molecule has 1 aliphatic heterocycles. The van der Waals surface area contributed by atoms with E-state index in [1.807, 2.05) is 41.0 Å². The highest BCUT2D eigenvalue weighted by Crippen LogP contribution is 2.35. The Balaban J connectivity index is 1.43. The number of hydrogen-bond donors (Lipinski definition) is 5. The minimum Gasteiger partial charge on any atom is -0.452 e. The van der Waals surface area contributed by atoms with Gasteiger partial charge in [-0.2, -0.15) is 0 Å². The van der Waals surface area contributed by atoms with Crippen LogP contribution >= 0.6 is 0 Å². The summed E-state index contributed by atoms with van der Waals surface area (Å²) in [7, 11) is 0. The average Bonchev–Trinajstić information content (AvgIpc) is 3.30. The lowest BCUT2D eigenvalue weighted by Gasteiger charge is -2.45. The smallest absolute Gasteiger partial charge is 0.288 e. The summed E-state index contributed by atoms with van der Waals surface area (Å²) in [6, 6.07) is 16.8. The molecule has 0 spiro atoms. The van der Waals surface area contributed by atoms with Gasteiger partial charge in [0.05, 0.1) is 18.5 Å². The number of aliphatic hydroxyl groups excluding tert-OH is 4. The Morgan fingerprint density at radius 1 is 1.00 bits per heavy atom. The van der Waals surface area contributed by atoms with E-state index in [-0.39, 0.29) is 5.75 Å². The lowest BCUT2D eigenvalue weighted by Crippen LogP contribution is -2.69. The van der Waals surface area contributed by atoms with Gasteiger partial charge >= 0.3 is 0 Å². The number of pyridine rings is 1. The first-order valence-electron chi connectivity index (χ1n) is 11.1. The fourth-order valence-electron chi connectivity index (χ4n) is 4.20. The monoisotopic (exact) mass is 479 g/mol. The Hall–Kier alpha value is -3.38. The van der Waals surface area contributed by atoms with E-state index in [4.69, 9.17) is 9.47 Å². The lowest BCUT2D eigenvalue weighted by atomic mass is 9.96. The molecule has 35 heavy (non-hydrogen) atoms. The molecule has 182 valence electrons. The van der Waals surface area contributed by atoms with Gasteiger partial charge in [-0.05, 0) is 34.9 Å². The molecule has 1 fully saturated rings. The molecule has 0 radical (unpaired) electrons. The van der Waals surface area contributed by atoms with Crippen molar-refractivity contribution in [1.82, 2.24) is 14.5 Å². The summed E-state index contributed by atoms with van der Waals surface area (Å²) in [6.07, 6.45) is -1.79. The predicted octanol–water partition coefficient (Wildman–Crippen LogP) is 0.645. The SMILES string of the molecule is OC[C@H]1O[C@H](O)[C@@](O)(Oc2cccc3ncn(Cc4ccc(-c5cccnc5)cc4)c23)[C@@H](O)[C@@H]1O. The van der Waals surface area contributed by atoms with Crippen LogP contribution in [0.15, 0.2) is 73.3 Å². The van der Waals surface area contributed by atoms with E-state index in [0.717, 1.165) is 16.7 Å². The Morgan fingerprint density at radius 2 is 1.80 bits per heavy atom. The van der Waals surface area contributed by atoms with Crippen LogP contribution in [0.1, 0.15) is 5.56 Å². The van der Waals surface area contributed by atoms with Gasteiger partial charge in [-0.25, -0.2) is 4.98 Å². The van der Waals surface area contributed by atoms with Crippen molar-refractivity contribution in [2.24, 2.45) is 0 Å². The molecule has 10 nitrogen and oxygen atoms in total. The van der Waals surface area contributed by atoms with Gasteiger partial charge in [0.25, 0.3) is 5.79 Å². The number of nitrogens with zero attached hydrogens (tertiary/aromatic N) is 3. The number of aliphatic hydroxyl groups is 5. The van der Waals surface area contributed by atoms with E-state index in [2.05, 4.69) is 9.97 Å². The van der Waals surface area contributed by atoms with Crippen molar-refractivity contribution in [2.45, 2.75) is 36.9 Å². The molecule has 5 N–H and O–H groups in total. The van der Waals surface area contributed by atoms with Crippen molar-refractivity contribution in [1.29, 1.82) is 0 Å². The summed E-state index contributed by atoms with van der Waals surface area (Å²) in [4.78, 5) is 8.54. The highest BCUT2D eigenvalue weighted by atomic mass is 16.7. The summed E-state index contributed by atoms with van der Waals surface area (Å²) >= 11 is 0. The highest BCUT2D eigenvalue weighted by Gasteiger charge is 2.57. The largest absolute Gasteiger partial charge is 0.452 e. The minimum absolute atomic E-state index is 0.117. The van der Waals surface area contributed by atoms with Gasteiger partial charge in [-0.1, -0.05) is 36.4 Å². The maximum Gasteiger partial charge on any atom is 0.288 e. The summed E-state index contributed by atoms with van der Waals surface area (Å²) in [5.41, 5.74) is 4.09. The zero-order chi connectivity index (χ0) is 24.6. The molecule has 10 heteroatoms. The summed E-state index contributed by atoms with van der Waals surface area (Å²) in [6.45, 7) is -0.229. The van der Waals surface area contributed by atoms with Crippen molar-refractivity contribution in [3.8, 4) is 16.9 Å². The molecule has 2 aromatic heterocycles. The number of hydrogen-bond acceptors (Lipinski definition) is 9. The van der Waals surface area contributed by atoms with Crippen LogP contribution in [0.3, 0.4) is 0 Å². The van der Waals surface area contributed by atoms with Gasteiger partial charge in [0.2, 0.25) is 6.29 Å². The van der Waals surface area contributed by atoms with Crippen molar-refractivity contribution in [3.05, 3.63) is 78.9 Å². The number of para-hydroxylation sites is 1. The summed E-state index contributed by atoms with van der Waals surface area (Å²) < 4.78 is 12.6. The van der Waals surface area contributed by atoms with Crippen molar-refractivity contribution < 1.29 is 35.0 Å². The Labute approximate surface area is 200 Å². The van der Waals surface area contributed by atoms with Gasteiger partial charge in [0.1, 0.15) is 23.5 Å². The molecule has 4 aromatic rings. The molecule has 1 saturated heterocycles. The number of benzene rings is 2. The van der Waals surface area contributed by atoms with Crippen LogP contribution in [-0.2, 0) is 11.3 Å². The van der Waals surface area contributed by atoms with Crippen LogP contribution in [0.5, 0.6) is 5.75 Å². The molecular formula is C25H25N3O7. The van der Waals surface area contributed by atoms with Crippen molar-refractivity contribution >= 4 is 11.0 Å². The molecule has 2 aromatic carbocycles. The maximum absolute atomic E-state index is 10.9. The zero-order valence-electron chi connectivity index (χ0n) is 18.5. The number of imidazole rings is 1. The van der Waals surface area contributed by atoms with E-state index in [1.54, 1.807) is 36.9 Å².